The second-order valence-electron chi connectivity index (χ2n) is 3.83. The maximum Gasteiger partial charge on any atom is 0.0443 e. The summed E-state index contributed by atoms with van der Waals surface area (Å²) in [6.45, 7) is 2.49. The van der Waals surface area contributed by atoms with Crippen molar-refractivity contribution >= 4 is 16.8 Å². The molecule has 0 amide bonds. The highest BCUT2D eigenvalue weighted by atomic mass is 15.1. The van der Waals surface area contributed by atoms with E-state index < -0.39 is 0 Å². The SMILES string of the molecule is Cc1ccc(C=CCN=[N+]=[N-])c2ccccc12. The van der Waals surface area contributed by atoms with Crippen molar-refractivity contribution < 1.29 is 0 Å². The lowest BCUT2D eigenvalue weighted by Gasteiger charge is -2.05. The summed E-state index contributed by atoms with van der Waals surface area (Å²) >= 11 is 0. The summed E-state index contributed by atoms with van der Waals surface area (Å²) in [6.07, 6.45) is 3.87. The molecule has 2 aromatic carbocycles. The van der Waals surface area contributed by atoms with E-state index in [1.807, 2.05) is 24.3 Å². The van der Waals surface area contributed by atoms with Gasteiger partial charge in [-0.2, -0.15) is 0 Å². The van der Waals surface area contributed by atoms with E-state index in [9.17, 15) is 0 Å². The van der Waals surface area contributed by atoms with Gasteiger partial charge in [-0.25, -0.2) is 0 Å². The van der Waals surface area contributed by atoms with Gasteiger partial charge < -0.3 is 0 Å². The summed E-state index contributed by atoms with van der Waals surface area (Å²) in [4.78, 5) is 2.72. The number of rotatable bonds is 3. The highest BCUT2D eigenvalue weighted by molar-refractivity contribution is 5.92. The molecule has 0 saturated carbocycles. The van der Waals surface area contributed by atoms with Crippen molar-refractivity contribution in [2.75, 3.05) is 6.54 Å². The van der Waals surface area contributed by atoms with Gasteiger partial charge in [0.15, 0.2) is 0 Å². The number of aryl methyl sites for hydroxylation is 1. The smallest absolute Gasteiger partial charge is 0.0443 e. The Morgan fingerprint density at radius 2 is 1.94 bits per heavy atom. The van der Waals surface area contributed by atoms with Gasteiger partial charge in [0.2, 0.25) is 0 Å². The van der Waals surface area contributed by atoms with Gasteiger partial charge in [0.1, 0.15) is 0 Å². The van der Waals surface area contributed by atoms with E-state index in [1.54, 1.807) is 0 Å². The lowest BCUT2D eigenvalue weighted by Crippen LogP contribution is -1.82. The van der Waals surface area contributed by atoms with E-state index >= 15 is 0 Å². The summed E-state index contributed by atoms with van der Waals surface area (Å²) in [5.74, 6) is 0. The molecule has 0 aliphatic heterocycles. The molecule has 0 saturated heterocycles. The second-order valence-corrected chi connectivity index (χ2v) is 3.83. The molecule has 2 rings (SSSR count). The van der Waals surface area contributed by atoms with Crippen LogP contribution in [0.1, 0.15) is 11.1 Å². The van der Waals surface area contributed by atoms with E-state index in [2.05, 4.69) is 41.2 Å². The number of fused-ring (bicyclic) bond motifs is 1. The molecule has 0 aliphatic rings. The number of hydrogen-bond donors (Lipinski definition) is 0. The van der Waals surface area contributed by atoms with E-state index in [0.717, 1.165) is 5.56 Å². The van der Waals surface area contributed by atoms with E-state index in [0.29, 0.717) is 6.54 Å². The van der Waals surface area contributed by atoms with Crippen LogP contribution < -0.4 is 0 Å². The van der Waals surface area contributed by atoms with Crippen LogP contribution in [0.4, 0.5) is 0 Å². The molecular formula is C14H13N3. The van der Waals surface area contributed by atoms with Gasteiger partial charge >= 0.3 is 0 Å². The largest absolute Gasteiger partial charge is 0.0899 e. The highest BCUT2D eigenvalue weighted by Gasteiger charge is 1.99. The number of hydrogen-bond acceptors (Lipinski definition) is 1. The van der Waals surface area contributed by atoms with Gasteiger partial charge in [-0.05, 0) is 34.4 Å². The van der Waals surface area contributed by atoms with Crippen LogP contribution in [0.5, 0.6) is 0 Å². The first-order chi connectivity index (χ1) is 8.33. The quantitative estimate of drug-likeness (QED) is 0.418. The van der Waals surface area contributed by atoms with Gasteiger partial charge in [0, 0.05) is 11.5 Å². The third-order valence-electron chi connectivity index (χ3n) is 2.72. The molecule has 0 radical (unpaired) electrons. The fraction of sp³-hybridized carbons (Fsp3) is 0.143. The summed E-state index contributed by atoms with van der Waals surface area (Å²) in [5, 5.41) is 5.97. The maximum absolute atomic E-state index is 8.20. The van der Waals surface area contributed by atoms with E-state index in [1.165, 1.54) is 16.3 Å². The van der Waals surface area contributed by atoms with Crippen molar-refractivity contribution in [2.45, 2.75) is 6.92 Å². The van der Waals surface area contributed by atoms with Crippen LogP contribution in [-0.4, -0.2) is 6.54 Å². The van der Waals surface area contributed by atoms with Gasteiger partial charge in [-0.1, -0.05) is 53.7 Å². The normalized spacial score (nSPS) is 10.6. The summed E-state index contributed by atoms with van der Waals surface area (Å²) < 4.78 is 0. The number of nitrogens with zero attached hydrogens (tertiary/aromatic N) is 3. The molecule has 3 heteroatoms. The van der Waals surface area contributed by atoms with Crippen molar-refractivity contribution in [2.24, 2.45) is 5.11 Å². The first kappa shape index (κ1) is 11.2. The fourth-order valence-electron chi connectivity index (χ4n) is 1.88. The molecule has 0 heterocycles. The molecular weight excluding hydrogens is 210 g/mol. The molecule has 0 N–H and O–H groups in total. The second kappa shape index (κ2) is 5.19. The average molecular weight is 223 g/mol. The van der Waals surface area contributed by atoms with Crippen molar-refractivity contribution in [3.8, 4) is 0 Å². The van der Waals surface area contributed by atoms with Crippen LogP contribution in [0.15, 0.2) is 47.6 Å². The van der Waals surface area contributed by atoms with Crippen LogP contribution in [0.3, 0.4) is 0 Å². The fourth-order valence-corrected chi connectivity index (χ4v) is 1.88. The lowest BCUT2D eigenvalue weighted by molar-refractivity contribution is 1.22. The Kier molecular flexibility index (Phi) is 3.43. The molecule has 0 aliphatic carbocycles. The molecule has 0 fully saturated rings. The Bertz CT molecular complexity index is 608. The van der Waals surface area contributed by atoms with Crippen molar-refractivity contribution in [3.63, 3.8) is 0 Å². The summed E-state index contributed by atoms with van der Waals surface area (Å²) in [6, 6.07) is 12.5. The summed E-state index contributed by atoms with van der Waals surface area (Å²) in [5.41, 5.74) is 10.6. The molecule has 0 aromatic heterocycles. The van der Waals surface area contributed by atoms with E-state index in [4.69, 9.17) is 5.53 Å². The van der Waals surface area contributed by atoms with Crippen LogP contribution in [0, 0.1) is 6.92 Å². The van der Waals surface area contributed by atoms with Crippen LogP contribution in [0.2, 0.25) is 0 Å². The third kappa shape index (κ3) is 2.47. The highest BCUT2D eigenvalue weighted by Crippen LogP contribution is 2.23. The third-order valence-corrected chi connectivity index (χ3v) is 2.72. The minimum Gasteiger partial charge on any atom is -0.0899 e. The van der Waals surface area contributed by atoms with Crippen LogP contribution >= 0.6 is 0 Å². The molecule has 0 spiro atoms. The maximum atomic E-state index is 8.20. The zero-order valence-corrected chi connectivity index (χ0v) is 9.67. The van der Waals surface area contributed by atoms with Crippen LogP contribution in [0.25, 0.3) is 27.3 Å². The van der Waals surface area contributed by atoms with Gasteiger partial charge in [-0.15, -0.1) is 0 Å². The Hall–Kier alpha value is -2.25. The monoisotopic (exact) mass is 223 g/mol. The molecule has 17 heavy (non-hydrogen) atoms. The Morgan fingerprint density at radius 3 is 2.71 bits per heavy atom. The van der Waals surface area contributed by atoms with Crippen molar-refractivity contribution in [1.29, 1.82) is 0 Å². The average Bonchev–Trinajstić information content (AvgIpc) is 2.37. The van der Waals surface area contributed by atoms with Crippen molar-refractivity contribution in [1.82, 2.24) is 0 Å². The Labute approximate surface area is 100 Å². The van der Waals surface area contributed by atoms with Crippen LogP contribution in [-0.2, 0) is 0 Å². The predicted octanol–water partition coefficient (Wildman–Crippen LogP) is 4.47. The minimum absolute atomic E-state index is 0.388. The first-order valence-corrected chi connectivity index (χ1v) is 5.48. The predicted molar refractivity (Wildman–Crippen MR) is 71.7 cm³/mol. The molecule has 84 valence electrons. The number of azide groups is 1. The standard InChI is InChI=1S/C14H13N3/c1-11-8-9-12(5-4-10-16-17-15)14-7-3-2-6-13(11)14/h2-9H,10H2,1H3. The molecule has 3 nitrogen and oxygen atoms in total. The van der Waals surface area contributed by atoms with E-state index in [-0.39, 0.29) is 0 Å². The van der Waals surface area contributed by atoms with Gasteiger partial charge in [0.05, 0.1) is 0 Å². The Morgan fingerprint density at radius 1 is 1.18 bits per heavy atom. The minimum atomic E-state index is 0.388. The Balaban J connectivity index is 2.44. The lowest BCUT2D eigenvalue weighted by atomic mass is 10.00. The number of benzene rings is 2. The van der Waals surface area contributed by atoms with Gasteiger partial charge in [-0.3, -0.25) is 0 Å². The van der Waals surface area contributed by atoms with Gasteiger partial charge in [0.25, 0.3) is 0 Å². The zero-order valence-electron chi connectivity index (χ0n) is 9.67. The molecule has 0 bridgehead atoms. The zero-order chi connectivity index (χ0) is 12.1. The van der Waals surface area contributed by atoms with Crippen molar-refractivity contribution in [3.05, 3.63) is 64.0 Å². The summed E-state index contributed by atoms with van der Waals surface area (Å²) in [7, 11) is 0. The topological polar surface area (TPSA) is 48.8 Å². The molecule has 0 atom stereocenters. The first-order valence-electron chi connectivity index (χ1n) is 5.48. The molecule has 0 unspecified atom stereocenters. The molecule has 2 aromatic rings.